The van der Waals surface area contributed by atoms with Crippen molar-refractivity contribution in [3.63, 3.8) is 0 Å². The highest BCUT2D eigenvalue weighted by atomic mass is 32.2. The number of hydrogen-bond acceptors (Lipinski definition) is 6. The van der Waals surface area contributed by atoms with Crippen molar-refractivity contribution in [1.82, 2.24) is 19.4 Å². The first kappa shape index (κ1) is 21.9. The smallest absolute Gasteiger partial charge is 0.227 e. The molecule has 160 valence electrons. The van der Waals surface area contributed by atoms with Crippen molar-refractivity contribution >= 4 is 9.84 Å². The molecule has 1 aliphatic rings. The molecule has 0 amide bonds. The van der Waals surface area contributed by atoms with E-state index in [0.29, 0.717) is 19.7 Å². The van der Waals surface area contributed by atoms with Crippen molar-refractivity contribution < 1.29 is 13.2 Å². The van der Waals surface area contributed by atoms with Crippen molar-refractivity contribution in [2.45, 2.75) is 57.9 Å². The Morgan fingerprint density at radius 3 is 2.69 bits per heavy atom. The molecule has 2 aromatic rings. The predicted molar refractivity (Wildman–Crippen MR) is 112 cm³/mol. The van der Waals surface area contributed by atoms with Crippen molar-refractivity contribution in [1.29, 1.82) is 0 Å². The number of imidazole rings is 1. The van der Waals surface area contributed by atoms with Crippen LogP contribution in [0.4, 0.5) is 0 Å². The Morgan fingerprint density at radius 2 is 2.03 bits per heavy atom. The van der Waals surface area contributed by atoms with Crippen LogP contribution in [-0.4, -0.2) is 53.9 Å². The summed E-state index contributed by atoms with van der Waals surface area (Å²) in [5.74, 6) is 0.0592. The third kappa shape index (κ3) is 5.43. The van der Waals surface area contributed by atoms with Crippen molar-refractivity contribution in [2.75, 3.05) is 26.0 Å². The molecule has 3 heterocycles. The molecule has 8 heteroatoms. The Balaban J connectivity index is 1.88. The number of sulfone groups is 1. The molecule has 0 aliphatic carbocycles. The molecule has 1 atom stereocenters. The number of rotatable bonds is 8. The standard InChI is InChI=1S/C21H32N4O3S/c1-21(2,3)16-29(26,27)20-23-14-17(25(20)12-13-28-4)15-24-11-7-9-19(24)18-8-5-6-10-22-18/h5-6,8,10,14,19H,7,9,11-13,15-16H2,1-4H3/t19-/m1/s1. The molecule has 0 N–H and O–H groups in total. The monoisotopic (exact) mass is 420 g/mol. The van der Waals surface area contributed by atoms with Gasteiger partial charge in [0.1, 0.15) is 0 Å². The molecule has 1 saturated heterocycles. The third-order valence-electron chi connectivity index (χ3n) is 5.08. The minimum Gasteiger partial charge on any atom is -0.383 e. The van der Waals surface area contributed by atoms with Crippen LogP contribution in [0.2, 0.25) is 0 Å². The molecule has 2 aromatic heterocycles. The Kier molecular flexibility index (Phi) is 6.76. The largest absolute Gasteiger partial charge is 0.383 e. The summed E-state index contributed by atoms with van der Waals surface area (Å²) in [6.07, 6.45) is 5.69. The Bertz CT molecular complexity index is 904. The Hall–Kier alpha value is -1.77. The van der Waals surface area contributed by atoms with Gasteiger partial charge < -0.3 is 9.30 Å². The van der Waals surface area contributed by atoms with Crippen molar-refractivity contribution in [3.8, 4) is 0 Å². The van der Waals surface area contributed by atoms with Gasteiger partial charge in [0, 0.05) is 26.4 Å². The van der Waals surface area contributed by atoms with Gasteiger partial charge in [0.2, 0.25) is 15.0 Å². The lowest BCUT2D eigenvalue weighted by Gasteiger charge is -2.25. The maximum Gasteiger partial charge on any atom is 0.227 e. The van der Waals surface area contributed by atoms with E-state index in [1.807, 2.05) is 43.7 Å². The van der Waals surface area contributed by atoms with Crippen LogP contribution in [0.5, 0.6) is 0 Å². The van der Waals surface area contributed by atoms with Gasteiger partial charge in [0.15, 0.2) is 0 Å². The van der Waals surface area contributed by atoms with Gasteiger partial charge in [0.25, 0.3) is 0 Å². The normalized spacial score (nSPS) is 18.4. The van der Waals surface area contributed by atoms with E-state index >= 15 is 0 Å². The van der Waals surface area contributed by atoms with Gasteiger partial charge in [-0.15, -0.1) is 0 Å². The highest BCUT2D eigenvalue weighted by Crippen LogP contribution is 2.32. The van der Waals surface area contributed by atoms with E-state index in [-0.39, 0.29) is 22.4 Å². The van der Waals surface area contributed by atoms with Gasteiger partial charge in [-0.1, -0.05) is 26.8 Å². The van der Waals surface area contributed by atoms with Crippen LogP contribution in [0.15, 0.2) is 35.7 Å². The van der Waals surface area contributed by atoms with Gasteiger partial charge in [-0.05, 0) is 36.9 Å². The van der Waals surface area contributed by atoms with E-state index in [2.05, 4.69) is 20.9 Å². The topological polar surface area (TPSA) is 77.3 Å². The molecule has 1 aliphatic heterocycles. The van der Waals surface area contributed by atoms with E-state index in [1.54, 1.807) is 13.3 Å². The maximum absolute atomic E-state index is 13.0. The number of methoxy groups -OCH3 is 1. The summed E-state index contributed by atoms with van der Waals surface area (Å²) >= 11 is 0. The van der Waals surface area contributed by atoms with E-state index in [1.165, 1.54) is 0 Å². The molecular weight excluding hydrogens is 388 g/mol. The van der Waals surface area contributed by atoms with Crippen molar-refractivity contribution in [3.05, 3.63) is 42.0 Å². The van der Waals surface area contributed by atoms with E-state index < -0.39 is 9.84 Å². The SMILES string of the molecule is COCCn1c(CN2CCC[C@@H]2c2ccccn2)cnc1S(=O)(=O)CC(C)(C)C. The molecule has 7 nitrogen and oxygen atoms in total. The van der Waals surface area contributed by atoms with Gasteiger partial charge in [-0.25, -0.2) is 13.4 Å². The highest BCUT2D eigenvalue weighted by molar-refractivity contribution is 7.91. The summed E-state index contributed by atoms with van der Waals surface area (Å²) < 4.78 is 33.1. The average Bonchev–Trinajstić information content (AvgIpc) is 3.26. The third-order valence-corrected chi connectivity index (χ3v) is 7.21. The lowest BCUT2D eigenvalue weighted by molar-refractivity contribution is 0.180. The number of pyridine rings is 1. The molecule has 3 rings (SSSR count). The molecule has 29 heavy (non-hydrogen) atoms. The zero-order valence-corrected chi connectivity index (χ0v) is 18.7. The summed E-state index contributed by atoms with van der Waals surface area (Å²) in [7, 11) is -1.87. The van der Waals surface area contributed by atoms with E-state index in [0.717, 1.165) is 30.8 Å². The van der Waals surface area contributed by atoms with Crippen LogP contribution in [0.3, 0.4) is 0 Å². The highest BCUT2D eigenvalue weighted by Gasteiger charge is 2.31. The van der Waals surface area contributed by atoms with Crippen LogP contribution < -0.4 is 0 Å². The minimum absolute atomic E-state index is 0.0592. The first-order valence-corrected chi connectivity index (χ1v) is 11.8. The molecule has 0 aromatic carbocycles. The average molecular weight is 421 g/mol. The zero-order chi connectivity index (χ0) is 21.1. The quantitative estimate of drug-likeness (QED) is 0.653. The van der Waals surface area contributed by atoms with Gasteiger partial charge in [-0.2, -0.15) is 0 Å². The van der Waals surface area contributed by atoms with Crippen molar-refractivity contribution in [2.24, 2.45) is 5.41 Å². The molecular formula is C21H32N4O3S. The Labute approximate surface area is 174 Å². The fourth-order valence-corrected chi connectivity index (χ4v) is 5.98. The molecule has 1 fully saturated rings. The van der Waals surface area contributed by atoms with E-state index in [9.17, 15) is 8.42 Å². The molecule has 0 radical (unpaired) electrons. The predicted octanol–water partition coefficient (Wildman–Crippen LogP) is 3.08. The number of hydrogen-bond donors (Lipinski definition) is 0. The summed E-state index contributed by atoms with van der Waals surface area (Å²) in [6.45, 7) is 8.28. The second-order valence-corrected chi connectivity index (χ2v) is 10.8. The fourth-order valence-electron chi connectivity index (χ4n) is 3.95. The lowest BCUT2D eigenvalue weighted by Crippen LogP contribution is -2.27. The number of ether oxygens (including phenoxy) is 1. The van der Waals surface area contributed by atoms with Crippen LogP contribution in [0.25, 0.3) is 0 Å². The molecule has 0 unspecified atom stereocenters. The first-order chi connectivity index (χ1) is 13.7. The number of aromatic nitrogens is 3. The van der Waals surface area contributed by atoms with Crippen LogP contribution in [-0.2, 0) is 27.7 Å². The van der Waals surface area contributed by atoms with Crippen LogP contribution in [0, 0.1) is 5.41 Å². The summed E-state index contributed by atoms with van der Waals surface area (Å²) in [4.78, 5) is 11.2. The maximum atomic E-state index is 13.0. The molecule has 0 spiro atoms. The van der Waals surface area contributed by atoms with Gasteiger partial charge >= 0.3 is 0 Å². The number of likely N-dealkylation sites (tertiary alicyclic amines) is 1. The minimum atomic E-state index is -3.49. The molecule has 0 bridgehead atoms. The summed E-state index contributed by atoms with van der Waals surface area (Å²) in [6, 6.07) is 6.25. The Morgan fingerprint density at radius 1 is 1.24 bits per heavy atom. The second-order valence-electron chi connectivity index (χ2n) is 8.88. The molecule has 0 saturated carbocycles. The summed E-state index contributed by atoms with van der Waals surface area (Å²) in [5, 5.41) is 0.146. The van der Waals surface area contributed by atoms with Gasteiger partial charge in [0.05, 0.1) is 36.0 Å². The second kappa shape index (κ2) is 8.93. The number of nitrogens with zero attached hydrogens (tertiary/aromatic N) is 4. The lowest BCUT2D eigenvalue weighted by atomic mass is 10.0. The first-order valence-electron chi connectivity index (χ1n) is 10.1. The van der Waals surface area contributed by atoms with E-state index in [4.69, 9.17) is 4.74 Å². The summed E-state index contributed by atoms with van der Waals surface area (Å²) in [5.41, 5.74) is 1.63. The van der Waals surface area contributed by atoms with Crippen LogP contribution in [0.1, 0.15) is 51.0 Å². The zero-order valence-electron chi connectivity index (χ0n) is 17.8. The van der Waals surface area contributed by atoms with Gasteiger partial charge in [-0.3, -0.25) is 9.88 Å². The fraction of sp³-hybridized carbons (Fsp3) is 0.619. The van der Waals surface area contributed by atoms with Crippen LogP contribution >= 0.6 is 0 Å².